The zero-order valence-corrected chi connectivity index (χ0v) is 17.9. The molecule has 156 valence electrons. The van der Waals surface area contributed by atoms with Crippen molar-refractivity contribution in [3.8, 4) is 0 Å². The molecular weight excluding hydrogens is 368 g/mol. The Morgan fingerprint density at radius 2 is 2.07 bits per heavy atom. The lowest BCUT2D eigenvalue weighted by Crippen LogP contribution is -2.27. The first-order valence-corrected chi connectivity index (χ1v) is 10.2. The van der Waals surface area contributed by atoms with Gasteiger partial charge in [0.2, 0.25) is 0 Å². The van der Waals surface area contributed by atoms with Crippen molar-refractivity contribution in [3.63, 3.8) is 0 Å². The van der Waals surface area contributed by atoms with E-state index in [2.05, 4.69) is 24.3 Å². The SMILES string of the molecule is CCn1nc(CC(C)C)cc1C(=O)Nc1cc(C(=O)N2CC(C)CO2)ccc1C. The van der Waals surface area contributed by atoms with Crippen molar-refractivity contribution in [1.29, 1.82) is 0 Å². The number of amides is 2. The van der Waals surface area contributed by atoms with Crippen LogP contribution in [0.3, 0.4) is 0 Å². The highest BCUT2D eigenvalue weighted by Crippen LogP contribution is 2.22. The molecule has 1 saturated heterocycles. The zero-order valence-electron chi connectivity index (χ0n) is 17.9. The third-order valence-electron chi connectivity index (χ3n) is 4.93. The summed E-state index contributed by atoms with van der Waals surface area (Å²) in [5.74, 6) is 0.361. The molecule has 1 unspecified atom stereocenters. The van der Waals surface area contributed by atoms with E-state index in [1.807, 2.05) is 32.9 Å². The highest BCUT2D eigenvalue weighted by Gasteiger charge is 2.26. The van der Waals surface area contributed by atoms with Gasteiger partial charge in [0.15, 0.2) is 0 Å². The lowest BCUT2D eigenvalue weighted by molar-refractivity contribution is -0.0772. The number of hydrogen-bond donors (Lipinski definition) is 1. The van der Waals surface area contributed by atoms with Gasteiger partial charge in [0, 0.05) is 23.7 Å². The molecule has 0 radical (unpaired) electrons. The molecule has 7 nitrogen and oxygen atoms in total. The normalized spacial score (nSPS) is 16.5. The fourth-order valence-corrected chi connectivity index (χ4v) is 3.38. The summed E-state index contributed by atoms with van der Waals surface area (Å²) in [6.45, 7) is 11.9. The summed E-state index contributed by atoms with van der Waals surface area (Å²) in [5, 5.41) is 8.88. The summed E-state index contributed by atoms with van der Waals surface area (Å²) in [5.41, 5.74) is 3.42. The maximum atomic E-state index is 12.9. The molecule has 0 bridgehead atoms. The van der Waals surface area contributed by atoms with Crippen LogP contribution in [0.2, 0.25) is 0 Å². The van der Waals surface area contributed by atoms with E-state index in [-0.39, 0.29) is 11.8 Å². The molecule has 1 N–H and O–H groups in total. The number of hydroxylamine groups is 2. The molecule has 1 aliphatic heterocycles. The molecule has 3 rings (SSSR count). The quantitative estimate of drug-likeness (QED) is 0.805. The topological polar surface area (TPSA) is 76.5 Å². The lowest BCUT2D eigenvalue weighted by Gasteiger charge is -2.16. The number of aryl methyl sites for hydroxylation is 2. The van der Waals surface area contributed by atoms with Gasteiger partial charge in [-0.15, -0.1) is 0 Å². The number of carbonyl (C=O) groups is 2. The van der Waals surface area contributed by atoms with Crippen LogP contribution in [0, 0.1) is 18.8 Å². The summed E-state index contributed by atoms with van der Waals surface area (Å²) >= 11 is 0. The largest absolute Gasteiger partial charge is 0.320 e. The summed E-state index contributed by atoms with van der Waals surface area (Å²) in [6, 6.07) is 7.16. The van der Waals surface area contributed by atoms with Crippen molar-refractivity contribution in [2.75, 3.05) is 18.5 Å². The van der Waals surface area contributed by atoms with E-state index >= 15 is 0 Å². The molecule has 1 atom stereocenters. The van der Waals surface area contributed by atoms with Gasteiger partial charge in [-0.1, -0.05) is 26.8 Å². The van der Waals surface area contributed by atoms with Crippen molar-refractivity contribution in [2.45, 2.75) is 47.6 Å². The van der Waals surface area contributed by atoms with Crippen molar-refractivity contribution in [2.24, 2.45) is 11.8 Å². The number of benzene rings is 1. The minimum Gasteiger partial charge on any atom is -0.320 e. The predicted octanol–water partition coefficient (Wildman–Crippen LogP) is 3.69. The number of carbonyl (C=O) groups excluding carboxylic acids is 2. The van der Waals surface area contributed by atoms with Crippen LogP contribution >= 0.6 is 0 Å². The minimum atomic E-state index is -0.229. The molecule has 29 heavy (non-hydrogen) atoms. The molecule has 2 aromatic rings. The van der Waals surface area contributed by atoms with Crippen LogP contribution in [0.15, 0.2) is 24.3 Å². The summed E-state index contributed by atoms with van der Waals surface area (Å²) in [4.78, 5) is 31.1. The van der Waals surface area contributed by atoms with E-state index in [1.54, 1.807) is 16.8 Å². The Morgan fingerprint density at radius 1 is 1.31 bits per heavy atom. The van der Waals surface area contributed by atoms with Crippen LogP contribution in [0.25, 0.3) is 0 Å². The van der Waals surface area contributed by atoms with Gasteiger partial charge in [-0.25, -0.2) is 5.06 Å². The molecule has 0 saturated carbocycles. The highest BCUT2D eigenvalue weighted by atomic mass is 16.7. The minimum absolute atomic E-state index is 0.192. The Hall–Kier alpha value is -2.67. The third-order valence-corrected chi connectivity index (χ3v) is 4.93. The second kappa shape index (κ2) is 8.78. The van der Waals surface area contributed by atoms with E-state index in [4.69, 9.17) is 4.84 Å². The first-order valence-electron chi connectivity index (χ1n) is 10.2. The van der Waals surface area contributed by atoms with Gasteiger partial charge < -0.3 is 5.32 Å². The molecule has 2 amide bonds. The number of rotatable bonds is 6. The van der Waals surface area contributed by atoms with Crippen LogP contribution in [0.4, 0.5) is 5.69 Å². The molecule has 1 fully saturated rings. The van der Waals surface area contributed by atoms with E-state index in [0.717, 1.165) is 17.7 Å². The Kier molecular flexibility index (Phi) is 6.37. The first-order chi connectivity index (χ1) is 13.8. The number of anilines is 1. The average molecular weight is 399 g/mol. The molecule has 7 heteroatoms. The van der Waals surface area contributed by atoms with Gasteiger partial charge in [0.1, 0.15) is 5.69 Å². The van der Waals surface area contributed by atoms with E-state index < -0.39 is 0 Å². The van der Waals surface area contributed by atoms with Crippen molar-refractivity contribution in [1.82, 2.24) is 14.8 Å². The van der Waals surface area contributed by atoms with Gasteiger partial charge >= 0.3 is 0 Å². The number of nitrogens with one attached hydrogen (secondary N) is 1. The van der Waals surface area contributed by atoms with Gasteiger partial charge in [-0.2, -0.15) is 5.10 Å². The number of hydrogen-bond acceptors (Lipinski definition) is 4. The summed E-state index contributed by atoms with van der Waals surface area (Å²) in [6.07, 6.45) is 0.824. The Balaban J connectivity index is 1.80. The fraction of sp³-hybridized carbons (Fsp3) is 0.500. The van der Waals surface area contributed by atoms with Gasteiger partial charge in [-0.3, -0.25) is 19.1 Å². The first kappa shape index (κ1) is 21.0. The second-order valence-electron chi connectivity index (χ2n) is 8.19. The van der Waals surface area contributed by atoms with Crippen molar-refractivity contribution in [3.05, 3.63) is 46.8 Å². The maximum Gasteiger partial charge on any atom is 0.277 e. The van der Waals surface area contributed by atoms with E-state index in [0.29, 0.717) is 48.5 Å². The van der Waals surface area contributed by atoms with Crippen molar-refractivity contribution >= 4 is 17.5 Å². The molecule has 1 aromatic carbocycles. The van der Waals surface area contributed by atoms with Crippen molar-refractivity contribution < 1.29 is 14.4 Å². The third kappa shape index (κ3) is 4.85. The Bertz CT molecular complexity index is 903. The fourth-order valence-electron chi connectivity index (χ4n) is 3.38. The standard InChI is InChI=1S/C22H30N4O3/c1-6-25-20(11-18(24-25)9-14(2)3)21(27)23-19-10-17(8-7-16(19)5)22(28)26-12-15(4)13-29-26/h7-8,10-11,14-15H,6,9,12-13H2,1-5H3,(H,23,27). The van der Waals surface area contributed by atoms with Gasteiger partial charge in [0.25, 0.3) is 11.8 Å². The molecule has 1 aliphatic rings. The van der Waals surface area contributed by atoms with Gasteiger partial charge in [-0.05, 0) is 49.9 Å². The van der Waals surface area contributed by atoms with E-state index in [1.165, 1.54) is 5.06 Å². The second-order valence-corrected chi connectivity index (χ2v) is 8.19. The molecular formula is C22H30N4O3. The van der Waals surface area contributed by atoms with Crippen LogP contribution in [-0.2, 0) is 17.8 Å². The Labute approximate surface area is 172 Å². The molecule has 1 aromatic heterocycles. The van der Waals surface area contributed by atoms with Crippen LogP contribution in [0.1, 0.15) is 59.8 Å². The van der Waals surface area contributed by atoms with Crippen LogP contribution < -0.4 is 5.32 Å². The van der Waals surface area contributed by atoms with Gasteiger partial charge in [0.05, 0.1) is 18.8 Å². The monoisotopic (exact) mass is 398 g/mol. The summed E-state index contributed by atoms with van der Waals surface area (Å²) in [7, 11) is 0. The lowest BCUT2D eigenvalue weighted by atomic mass is 10.1. The highest BCUT2D eigenvalue weighted by molar-refractivity contribution is 6.04. The molecule has 0 aliphatic carbocycles. The predicted molar refractivity (Wildman–Crippen MR) is 112 cm³/mol. The number of nitrogens with zero attached hydrogens (tertiary/aromatic N) is 3. The maximum absolute atomic E-state index is 12.9. The summed E-state index contributed by atoms with van der Waals surface area (Å²) < 4.78 is 1.72. The zero-order chi connectivity index (χ0) is 21.1. The molecule has 0 spiro atoms. The number of aromatic nitrogens is 2. The van der Waals surface area contributed by atoms with E-state index in [9.17, 15) is 9.59 Å². The molecule has 2 heterocycles. The van der Waals surface area contributed by atoms with Crippen LogP contribution in [0.5, 0.6) is 0 Å². The van der Waals surface area contributed by atoms with Crippen LogP contribution in [-0.4, -0.2) is 39.8 Å². The average Bonchev–Trinajstić information content (AvgIpc) is 3.28. The smallest absolute Gasteiger partial charge is 0.277 e. The Morgan fingerprint density at radius 3 is 2.69 bits per heavy atom.